The molecule has 0 bridgehead atoms. The number of nitrogens with one attached hydrogen (secondary N) is 1. The van der Waals surface area contributed by atoms with E-state index in [0.29, 0.717) is 24.6 Å². The number of carbonyl (C=O) groups excluding carboxylic acids is 1. The molecule has 2 N–H and O–H groups in total. The zero-order valence-electron chi connectivity index (χ0n) is 11.3. The standard InChI is InChI=1S/C13H20N2O2S2/c1-9(2)5-11-14-6-10(19-11)7-15-12(16)13(17)3-4-18-8-13/h6,9,17H,3-5,7-8H2,1-2H3,(H,15,16). The molecule has 0 radical (unpaired) electrons. The molecule has 0 aromatic carbocycles. The van der Waals surface area contributed by atoms with Gasteiger partial charge in [0.15, 0.2) is 5.60 Å². The van der Waals surface area contributed by atoms with Crippen molar-refractivity contribution in [2.24, 2.45) is 5.92 Å². The van der Waals surface area contributed by atoms with Crippen LogP contribution in [0.3, 0.4) is 0 Å². The molecule has 106 valence electrons. The summed E-state index contributed by atoms with van der Waals surface area (Å²) in [4.78, 5) is 17.3. The maximum Gasteiger partial charge on any atom is 0.253 e. The largest absolute Gasteiger partial charge is 0.379 e. The highest BCUT2D eigenvalue weighted by Crippen LogP contribution is 2.28. The van der Waals surface area contributed by atoms with Gasteiger partial charge in [-0.05, 0) is 18.1 Å². The van der Waals surface area contributed by atoms with Gasteiger partial charge in [-0.15, -0.1) is 11.3 Å². The van der Waals surface area contributed by atoms with Gasteiger partial charge in [-0.25, -0.2) is 4.98 Å². The highest BCUT2D eigenvalue weighted by molar-refractivity contribution is 7.99. The van der Waals surface area contributed by atoms with Crippen molar-refractivity contribution in [1.82, 2.24) is 10.3 Å². The minimum atomic E-state index is -1.17. The average Bonchev–Trinajstić information content (AvgIpc) is 2.95. The van der Waals surface area contributed by atoms with E-state index in [9.17, 15) is 9.90 Å². The lowest BCUT2D eigenvalue weighted by molar-refractivity contribution is -0.137. The SMILES string of the molecule is CC(C)Cc1ncc(CNC(=O)C2(O)CCSC2)s1. The minimum Gasteiger partial charge on any atom is -0.379 e. The van der Waals surface area contributed by atoms with Crippen molar-refractivity contribution in [3.05, 3.63) is 16.1 Å². The van der Waals surface area contributed by atoms with E-state index in [1.54, 1.807) is 23.1 Å². The summed E-state index contributed by atoms with van der Waals surface area (Å²) in [5.41, 5.74) is -1.17. The van der Waals surface area contributed by atoms with Crippen LogP contribution >= 0.6 is 23.1 Å². The summed E-state index contributed by atoms with van der Waals surface area (Å²) in [6, 6.07) is 0. The Hall–Kier alpha value is -0.590. The number of carbonyl (C=O) groups is 1. The number of thioether (sulfide) groups is 1. The molecule has 19 heavy (non-hydrogen) atoms. The second kappa shape index (κ2) is 6.24. The van der Waals surface area contributed by atoms with E-state index in [1.165, 1.54) is 0 Å². The van der Waals surface area contributed by atoms with Crippen LogP contribution < -0.4 is 5.32 Å². The molecule has 1 saturated heterocycles. The number of thiazole rings is 1. The van der Waals surface area contributed by atoms with Gasteiger partial charge < -0.3 is 10.4 Å². The maximum atomic E-state index is 11.9. The maximum absolute atomic E-state index is 11.9. The average molecular weight is 300 g/mol. The van der Waals surface area contributed by atoms with E-state index >= 15 is 0 Å². The van der Waals surface area contributed by atoms with E-state index in [0.717, 1.165) is 22.1 Å². The molecule has 2 heterocycles. The molecule has 4 nitrogen and oxygen atoms in total. The van der Waals surface area contributed by atoms with Gasteiger partial charge in [0, 0.05) is 23.2 Å². The van der Waals surface area contributed by atoms with Gasteiger partial charge in [-0.1, -0.05) is 13.8 Å². The van der Waals surface area contributed by atoms with Crippen LogP contribution in [0.4, 0.5) is 0 Å². The van der Waals surface area contributed by atoms with Crippen LogP contribution in [0.2, 0.25) is 0 Å². The number of rotatable bonds is 5. The Morgan fingerprint density at radius 1 is 1.63 bits per heavy atom. The predicted octanol–water partition coefficient (Wildman–Crippen LogP) is 1.83. The monoisotopic (exact) mass is 300 g/mol. The van der Waals surface area contributed by atoms with Crippen molar-refractivity contribution in [3.63, 3.8) is 0 Å². The first-order valence-electron chi connectivity index (χ1n) is 6.51. The van der Waals surface area contributed by atoms with E-state index in [1.807, 2.05) is 6.20 Å². The summed E-state index contributed by atoms with van der Waals surface area (Å²) in [5.74, 6) is 1.68. The Bertz CT molecular complexity index is 440. The number of aromatic nitrogens is 1. The molecule has 1 aromatic rings. The topological polar surface area (TPSA) is 62.2 Å². The zero-order valence-corrected chi connectivity index (χ0v) is 12.9. The second-order valence-corrected chi connectivity index (χ2v) is 7.64. The van der Waals surface area contributed by atoms with E-state index in [-0.39, 0.29) is 5.91 Å². The lowest BCUT2D eigenvalue weighted by Crippen LogP contribution is -2.46. The molecular weight excluding hydrogens is 280 g/mol. The molecule has 0 spiro atoms. The van der Waals surface area contributed by atoms with Crippen LogP contribution in [-0.2, 0) is 17.8 Å². The van der Waals surface area contributed by atoms with Crippen LogP contribution in [0.1, 0.15) is 30.2 Å². The highest BCUT2D eigenvalue weighted by atomic mass is 32.2. The van der Waals surface area contributed by atoms with E-state index in [2.05, 4.69) is 24.1 Å². The van der Waals surface area contributed by atoms with Crippen molar-refractivity contribution in [2.75, 3.05) is 11.5 Å². The molecule has 1 atom stereocenters. The normalized spacial score (nSPS) is 22.9. The molecule has 1 amide bonds. The van der Waals surface area contributed by atoms with Gasteiger partial charge in [-0.2, -0.15) is 11.8 Å². The fourth-order valence-electron chi connectivity index (χ4n) is 1.94. The van der Waals surface area contributed by atoms with Crippen molar-refractivity contribution in [3.8, 4) is 0 Å². The predicted molar refractivity (Wildman–Crippen MR) is 79.4 cm³/mol. The Morgan fingerprint density at radius 3 is 3.05 bits per heavy atom. The number of hydrogen-bond donors (Lipinski definition) is 2. The second-order valence-electron chi connectivity index (χ2n) is 5.34. The Kier molecular flexibility index (Phi) is 4.86. The Morgan fingerprint density at radius 2 is 2.42 bits per heavy atom. The molecule has 1 aromatic heterocycles. The van der Waals surface area contributed by atoms with Crippen LogP contribution in [0.15, 0.2) is 6.20 Å². The van der Waals surface area contributed by atoms with E-state index < -0.39 is 5.60 Å². The van der Waals surface area contributed by atoms with Crippen molar-refractivity contribution >= 4 is 29.0 Å². The zero-order chi connectivity index (χ0) is 13.9. The van der Waals surface area contributed by atoms with Crippen LogP contribution in [0.5, 0.6) is 0 Å². The lowest BCUT2D eigenvalue weighted by atomic mass is 10.0. The molecule has 1 aliphatic rings. The third-order valence-corrected chi connectivity index (χ3v) is 5.23. The van der Waals surface area contributed by atoms with Gasteiger partial charge in [0.05, 0.1) is 11.6 Å². The van der Waals surface area contributed by atoms with Crippen molar-refractivity contribution < 1.29 is 9.90 Å². The first-order chi connectivity index (χ1) is 8.99. The van der Waals surface area contributed by atoms with Gasteiger partial charge in [0.2, 0.25) is 0 Å². The number of amides is 1. The highest BCUT2D eigenvalue weighted by Gasteiger charge is 2.39. The van der Waals surface area contributed by atoms with Crippen LogP contribution in [-0.4, -0.2) is 33.1 Å². The summed E-state index contributed by atoms with van der Waals surface area (Å²) < 4.78 is 0. The molecule has 0 saturated carbocycles. The Balaban J connectivity index is 1.85. The fourth-order valence-corrected chi connectivity index (χ4v) is 4.25. The fraction of sp³-hybridized carbons (Fsp3) is 0.692. The first kappa shape index (κ1) is 14.8. The van der Waals surface area contributed by atoms with Gasteiger partial charge >= 0.3 is 0 Å². The molecule has 6 heteroatoms. The van der Waals surface area contributed by atoms with E-state index in [4.69, 9.17) is 0 Å². The quantitative estimate of drug-likeness (QED) is 0.871. The summed E-state index contributed by atoms with van der Waals surface area (Å²) in [6.07, 6.45) is 3.33. The van der Waals surface area contributed by atoms with Crippen LogP contribution in [0, 0.1) is 5.92 Å². The van der Waals surface area contributed by atoms with Gasteiger partial charge in [0.25, 0.3) is 5.91 Å². The number of aliphatic hydroxyl groups is 1. The third kappa shape index (κ3) is 3.94. The summed E-state index contributed by atoms with van der Waals surface area (Å²) in [5, 5.41) is 14.0. The smallest absolute Gasteiger partial charge is 0.253 e. The summed E-state index contributed by atoms with van der Waals surface area (Å²) in [6.45, 7) is 4.79. The molecular formula is C13H20N2O2S2. The minimum absolute atomic E-state index is 0.253. The summed E-state index contributed by atoms with van der Waals surface area (Å²) in [7, 11) is 0. The molecule has 1 aliphatic heterocycles. The Labute approximate surface area is 122 Å². The number of nitrogens with zero attached hydrogens (tertiary/aromatic N) is 1. The van der Waals surface area contributed by atoms with Crippen molar-refractivity contribution in [2.45, 2.75) is 38.8 Å². The van der Waals surface area contributed by atoms with Crippen LogP contribution in [0.25, 0.3) is 0 Å². The molecule has 2 rings (SSSR count). The van der Waals surface area contributed by atoms with Crippen molar-refractivity contribution in [1.29, 1.82) is 0 Å². The van der Waals surface area contributed by atoms with Gasteiger partial charge in [-0.3, -0.25) is 4.79 Å². The molecule has 1 fully saturated rings. The lowest BCUT2D eigenvalue weighted by Gasteiger charge is -2.19. The third-order valence-electron chi connectivity index (χ3n) is 3.03. The van der Waals surface area contributed by atoms with Gasteiger partial charge in [0.1, 0.15) is 0 Å². The summed E-state index contributed by atoms with van der Waals surface area (Å²) >= 11 is 3.25. The molecule has 1 unspecified atom stereocenters. The number of hydrogen-bond acceptors (Lipinski definition) is 5. The first-order valence-corrected chi connectivity index (χ1v) is 8.49. The molecule has 0 aliphatic carbocycles.